The molecule has 0 bridgehead atoms. The first-order valence-corrected chi connectivity index (χ1v) is 9.07. The molecule has 0 spiro atoms. The SMILES string of the molecule is CCC(C)C(=O)OCCOC(=O)CCCCCOC1(CC)COC1. The van der Waals surface area contributed by atoms with Crippen LogP contribution in [0, 0.1) is 5.92 Å². The molecule has 1 unspecified atom stereocenters. The summed E-state index contributed by atoms with van der Waals surface area (Å²) >= 11 is 0. The van der Waals surface area contributed by atoms with Crippen LogP contribution >= 0.6 is 0 Å². The van der Waals surface area contributed by atoms with Gasteiger partial charge >= 0.3 is 11.9 Å². The Balaban J connectivity index is 1.92. The Morgan fingerprint density at radius 2 is 1.75 bits per heavy atom. The number of ether oxygens (including phenoxy) is 4. The molecular formula is C18H32O6. The fraction of sp³-hybridized carbons (Fsp3) is 0.889. The molecule has 0 N–H and O–H groups in total. The lowest BCUT2D eigenvalue weighted by Crippen LogP contribution is -2.51. The van der Waals surface area contributed by atoms with Gasteiger partial charge in [-0.2, -0.15) is 0 Å². The lowest BCUT2D eigenvalue weighted by molar-refractivity contribution is -0.211. The smallest absolute Gasteiger partial charge is 0.308 e. The van der Waals surface area contributed by atoms with Crippen LogP contribution < -0.4 is 0 Å². The van der Waals surface area contributed by atoms with E-state index in [9.17, 15) is 9.59 Å². The summed E-state index contributed by atoms with van der Waals surface area (Å²) < 4.78 is 21.1. The minimum absolute atomic E-state index is 0.0639. The van der Waals surface area contributed by atoms with Crippen molar-refractivity contribution in [2.45, 2.75) is 64.9 Å². The van der Waals surface area contributed by atoms with Gasteiger partial charge in [0.25, 0.3) is 0 Å². The van der Waals surface area contributed by atoms with Gasteiger partial charge in [0.05, 0.1) is 19.1 Å². The lowest BCUT2D eigenvalue weighted by atomic mass is 9.99. The molecule has 0 aromatic rings. The minimum atomic E-state index is -0.243. The third kappa shape index (κ3) is 7.62. The molecule has 0 amide bonds. The van der Waals surface area contributed by atoms with E-state index in [1.807, 2.05) is 13.8 Å². The van der Waals surface area contributed by atoms with Crippen LogP contribution in [0.1, 0.15) is 59.3 Å². The average molecular weight is 344 g/mol. The summed E-state index contributed by atoms with van der Waals surface area (Å²) in [6, 6.07) is 0. The van der Waals surface area contributed by atoms with E-state index in [1.165, 1.54) is 0 Å². The predicted octanol–water partition coefficient (Wildman–Crippen LogP) is 2.87. The van der Waals surface area contributed by atoms with Crippen molar-refractivity contribution in [1.82, 2.24) is 0 Å². The van der Waals surface area contributed by atoms with Crippen molar-refractivity contribution in [2.24, 2.45) is 5.92 Å². The van der Waals surface area contributed by atoms with Crippen molar-refractivity contribution in [1.29, 1.82) is 0 Å². The van der Waals surface area contributed by atoms with Crippen LogP contribution in [0.4, 0.5) is 0 Å². The zero-order valence-corrected chi connectivity index (χ0v) is 15.3. The van der Waals surface area contributed by atoms with Gasteiger partial charge in [-0.3, -0.25) is 9.59 Å². The van der Waals surface area contributed by atoms with E-state index < -0.39 is 0 Å². The summed E-state index contributed by atoms with van der Waals surface area (Å²) in [6.45, 7) is 8.20. The average Bonchev–Trinajstić information content (AvgIpc) is 2.55. The van der Waals surface area contributed by atoms with Crippen molar-refractivity contribution in [3.63, 3.8) is 0 Å². The Kier molecular flexibility index (Phi) is 9.95. The van der Waals surface area contributed by atoms with Gasteiger partial charge in [-0.25, -0.2) is 0 Å². The molecule has 1 aliphatic heterocycles. The molecular weight excluding hydrogens is 312 g/mol. The van der Waals surface area contributed by atoms with E-state index in [2.05, 4.69) is 6.92 Å². The van der Waals surface area contributed by atoms with E-state index in [0.29, 0.717) is 26.2 Å². The molecule has 24 heavy (non-hydrogen) atoms. The molecule has 1 rings (SSSR count). The van der Waals surface area contributed by atoms with Crippen molar-refractivity contribution in [2.75, 3.05) is 33.0 Å². The highest BCUT2D eigenvalue weighted by Gasteiger charge is 2.37. The summed E-state index contributed by atoms with van der Waals surface area (Å²) in [5, 5.41) is 0. The molecule has 0 aromatic heterocycles. The highest BCUT2D eigenvalue weighted by molar-refractivity contribution is 5.72. The summed E-state index contributed by atoms with van der Waals surface area (Å²) in [5.74, 6) is -0.593. The lowest BCUT2D eigenvalue weighted by Gasteiger charge is -2.40. The molecule has 6 heteroatoms. The number of carbonyl (C=O) groups is 2. The van der Waals surface area contributed by atoms with Gasteiger partial charge in [-0.1, -0.05) is 27.2 Å². The summed E-state index contributed by atoms with van der Waals surface area (Å²) in [7, 11) is 0. The predicted molar refractivity (Wildman–Crippen MR) is 89.6 cm³/mol. The second-order valence-corrected chi connectivity index (χ2v) is 6.39. The Hall–Kier alpha value is -1.14. The summed E-state index contributed by atoms with van der Waals surface area (Å²) in [6.07, 6.45) is 4.75. The molecule has 1 aliphatic rings. The molecule has 1 fully saturated rings. The van der Waals surface area contributed by atoms with Crippen LogP contribution in [0.15, 0.2) is 0 Å². The standard InChI is InChI=1S/C18H32O6/c1-4-15(3)17(20)23-12-11-22-16(19)9-7-6-8-10-24-18(5-2)13-21-14-18/h15H,4-14H2,1-3H3. The number of hydrogen-bond donors (Lipinski definition) is 0. The monoisotopic (exact) mass is 344 g/mol. The topological polar surface area (TPSA) is 71.1 Å². The molecule has 0 aliphatic carbocycles. The number of unbranched alkanes of at least 4 members (excludes halogenated alkanes) is 2. The zero-order chi connectivity index (χ0) is 17.8. The molecule has 6 nitrogen and oxygen atoms in total. The summed E-state index contributed by atoms with van der Waals surface area (Å²) in [4.78, 5) is 23.0. The molecule has 1 saturated heterocycles. The minimum Gasteiger partial charge on any atom is -0.462 e. The number of rotatable bonds is 13. The van der Waals surface area contributed by atoms with Gasteiger partial charge in [0, 0.05) is 13.0 Å². The van der Waals surface area contributed by atoms with Crippen molar-refractivity contribution >= 4 is 11.9 Å². The number of carbonyl (C=O) groups excluding carboxylic acids is 2. The molecule has 140 valence electrons. The Labute approximate surface area is 145 Å². The zero-order valence-electron chi connectivity index (χ0n) is 15.3. The molecule has 0 aromatic carbocycles. The highest BCUT2D eigenvalue weighted by Crippen LogP contribution is 2.25. The maximum absolute atomic E-state index is 11.6. The second kappa shape index (κ2) is 11.4. The van der Waals surface area contributed by atoms with Crippen LogP contribution in [0.3, 0.4) is 0 Å². The third-order valence-electron chi connectivity index (χ3n) is 4.41. The van der Waals surface area contributed by atoms with Crippen molar-refractivity contribution in [3.8, 4) is 0 Å². The normalized spacial score (nSPS) is 17.0. The number of hydrogen-bond acceptors (Lipinski definition) is 6. The van der Waals surface area contributed by atoms with Gasteiger partial charge < -0.3 is 18.9 Å². The molecule has 0 radical (unpaired) electrons. The first-order chi connectivity index (χ1) is 11.5. The van der Waals surface area contributed by atoms with E-state index in [0.717, 1.165) is 32.1 Å². The van der Waals surface area contributed by atoms with Crippen LogP contribution in [0.2, 0.25) is 0 Å². The van der Waals surface area contributed by atoms with Gasteiger partial charge in [-0.15, -0.1) is 0 Å². The summed E-state index contributed by atoms with van der Waals surface area (Å²) in [5.41, 5.74) is -0.0639. The van der Waals surface area contributed by atoms with Gasteiger partial charge in [0.15, 0.2) is 0 Å². The van der Waals surface area contributed by atoms with Crippen LogP contribution in [0.5, 0.6) is 0 Å². The molecule has 0 saturated carbocycles. The van der Waals surface area contributed by atoms with Crippen molar-refractivity contribution < 1.29 is 28.5 Å². The van der Waals surface area contributed by atoms with Crippen molar-refractivity contribution in [3.05, 3.63) is 0 Å². The molecule has 1 atom stereocenters. The third-order valence-corrected chi connectivity index (χ3v) is 4.41. The Morgan fingerprint density at radius 3 is 2.33 bits per heavy atom. The molecule has 1 heterocycles. The van der Waals surface area contributed by atoms with Crippen LogP contribution in [-0.2, 0) is 28.5 Å². The Bertz CT molecular complexity index is 372. The quantitative estimate of drug-likeness (QED) is 0.378. The number of esters is 2. The maximum atomic E-state index is 11.6. The highest BCUT2D eigenvalue weighted by atomic mass is 16.6. The maximum Gasteiger partial charge on any atom is 0.308 e. The van der Waals surface area contributed by atoms with Gasteiger partial charge in [0.1, 0.15) is 18.8 Å². The fourth-order valence-corrected chi connectivity index (χ4v) is 2.23. The first kappa shape index (κ1) is 20.9. The van der Waals surface area contributed by atoms with E-state index in [-0.39, 0.29) is 36.7 Å². The van der Waals surface area contributed by atoms with Crippen LogP contribution in [0.25, 0.3) is 0 Å². The van der Waals surface area contributed by atoms with E-state index in [4.69, 9.17) is 18.9 Å². The second-order valence-electron chi connectivity index (χ2n) is 6.39. The van der Waals surface area contributed by atoms with E-state index in [1.54, 1.807) is 0 Å². The first-order valence-electron chi connectivity index (χ1n) is 9.07. The van der Waals surface area contributed by atoms with Gasteiger partial charge in [0.2, 0.25) is 0 Å². The Morgan fingerprint density at radius 1 is 1.04 bits per heavy atom. The largest absolute Gasteiger partial charge is 0.462 e. The van der Waals surface area contributed by atoms with E-state index >= 15 is 0 Å². The fourth-order valence-electron chi connectivity index (χ4n) is 2.23. The van der Waals surface area contributed by atoms with Crippen LogP contribution in [-0.4, -0.2) is 50.6 Å². The van der Waals surface area contributed by atoms with Gasteiger partial charge in [-0.05, 0) is 25.7 Å².